The molecule has 9 heteroatoms. The Labute approximate surface area is 180 Å². The van der Waals surface area contributed by atoms with Crippen molar-refractivity contribution < 1.29 is 18.7 Å². The van der Waals surface area contributed by atoms with Crippen LogP contribution >= 0.6 is 11.8 Å². The summed E-state index contributed by atoms with van der Waals surface area (Å²) >= 11 is 1.21. The van der Waals surface area contributed by atoms with Crippen molar-refractivity contribution in [2.45, 2.75) is 44.7 Å². The number of furan rings is 1. The molecular weight excluding hydrogens is 404 g/mol. The number of ether oxygens (including phenoxy) is 1. The SMILES string of the molecule is CCOC(=O)c1c(C)nc(-c2ccco2)nc1SCC(=O)NC1CCN(CC)CC1. The molecule has 1 saturated heterocycles. The summed E-state index contributed by atoms with van der Waals surface area (Å²) in [4.78, 5) is 36.2. The first-order valence-corrected chi connectivity index (χ1v) is 11.2. The second kappa shape index (κ2) is 10.6. The molecule has 0 aromatic carbocycles. The summed E-state index contributed by atoms with van der Waals surface area (Å²) < 4.78 is 10.6. The summed E-state index contributed by atoms with van der Waals surface area (Å²) in [5.74, 6) is 0.480. The molecule has 0 radical (unpaired) electrons. The zero-order valence-corrected chi connectivity index (χ0v) is 18.5. The zero-order chi connectivity index (χ0) is 21.5. The number of piperidine rings is 1. The van der Waals surface area contributed by atoms with Crippen molar-refractivity contribution in [1.82, 2.24) is 20.2 Å². The van der Waals surface area contributed by atoms with Gasteiger partial charge in [-0.1, -0.05) is 18.7 Å². The Morgan fingerprint density at radius 3 is 2.70 bits per heavy atom. The minimum absolute atomic E-state index is 0.0689. The molecule has 1 aliphatic heterocycles. The van der Waals surface area contributed by atoms with Crippen LogP contribution in [0.4, 0.5) is 0 Å². The van der Waals surface area contributed by atoms with Gasteiger partial charge in [0.1, 0.15) is 10.6 Å². The van der Waals surface area contributed by atoms with Gasteiger partial charge in [0.15, 0.2) is 11.6 Å². The summed E-state index contributed by atoms with van der Waals surface area (Å²) in [7, 11) is 0. The number of rotatable bonds is 8. The topological polar surface area (TPSA) is 97.6 Å². The first-order chi connectivity index (χ1) is 14.5. The number of aryl methyl sites for hydroxylation is 1. The predicted octanol–water partition coefficient (Wildman–Crippen LogP) is 2.91. The van der Waals surface area contributed by atoms with Gasteiger partial charge in [-0.25, -0.2) is 14.8 Å². The first kappa shape index (κ1) is 22.3. The van der Waals surface area contributed by atoms with Gasteiger partial charge in [0.25, 0.3) is 0 Å². The van der Waals surface area contributed by atoms with E-state index in [1.54, 1.807) is 26.0 Å². The lowest BCUT2D eigenvalue weighted by Crippen LogP contribution is -2.45. The Morgan fingerprint density at radius 1 is 1.30 bits per heavy atom. The van der Waals surface area contributed by atoms with Gasteiger partial charge in [-0.15, -0.1) is 0 Å². The van der Waals surface area contributed by atoms with E-state index in [-0.39, 0.29) is 24.3 Å². The molecule has 1 amide bonds. The monoisotopic (exact) mass is 432 g/mol. The number of amides is 1. The Morgan fingerprint density at radius 2 is 2.07 bits per heavy atom. The van der Waals surface area contributed by atoms with Crippen LogP contribution in [0.25, 0.3) is 11.6 Å². The largest absolute Gasteiger partial charge is 0.462 e. The third-order valence-corrected chi connectivity index (χ3v) is 5.99. The van der Waals surface area contributed by atoms with E-state index in [1.807, 2.05) is 0 Å². The van der Waals surface area contributed by atoms with Crippen LogP contribution in [-0.2, 0) is 9.53 Å². The lowest BCUT2D eigenvalue weighted by molar-refractivity contribution is -0.119. The molecule has 3 heterocycles. The van der Waals surface area contributed by atoms with Crippen LogP contribution in [0.15, 0.2) is 27.8 Å². The Kier molecular flexibility index (Phi) is 7.87. The average Bonchev–Trinajstić information content (AvgIpc) is 3.27. The molecule has 0 bridgehead atoms. The van der Waals surface area contributed by atoms with Crippen LogP contribution < -0.4 is 5.32 Å². The Bertz CT molecular complexity index is 864. The number of thioether (sulfide) groups is 1. The minimum Gasteiger partial charge on any atom is -0.462 e. The zero-order valence-electron chi connectivity index (χ0n) is 17.6. The molecule has 2 aromatic rings. The number of nitrogens with zero attached hydrogens (tertiary/aromatic N) is 3. The number of carbonyl (C=O) groups excluding carboxylic acids is 2. The van der Waals surface area contributed by atoms with Crippen molar-refractivity contribution >= 4 is 23.6 Å². The number of aromatic nitrogens is 2. The van der Waals surface area contributed by atoms with Crippen molar-refractivity contribution in [2.24, 2.45) is 0 Å². The van der Waals surface area contributed by atoms with Crippen molar-refractivity contribution in [1.29, 1.82) is 0 Å². The molecule has 2 aromatic heterocycles. The summed E-state index contributed by atoms with van der Waals surface area (Å²) in [6.07, 6.45) is 3.44. The lowest BCUT2D eigenvalue weighted by atomic mass is 10.1. The van der Waals surface area contributed by atoms with Crippen molar-refractivity contribution in [3.05, 3.63) is 29.7 Å². The molecule has 162 valence electrons. The van der Waals surface area contributed by atoms with E-state index in [1.165, 1.54) is 18.0 Å². The van der Waals surface area contributed by atoms with Crippen LogP contribution in [0, 0.1) is 6.92 Å². The molecule has 1 N–H and O–H groups in total. The molecule has 0 atom stereocenters. The van der Waals surface area contributed by atoms with Gasteiger partial charge in [-0.3, -0.25) is 4.79 Å². The fourth-order valence-corrected chi connectivity index (χ4v) is 4.28. The molecule has 0 saturated carbocycles. The van der Waals surface area contributed by atoms with E-state index < -0.39 is 5.97 Å². The second-order valence-corrected chi connectivity index (χ2v) is 8.04. The molecular formula is C21H28N4O4S. The molecule has 8 nitrogen and oxygen atoms in total. The van der Waals surface area contributed by atoms with Crippen molar-refractivity contribution in [3.63, 3.8) is 0 Å². The fourth-order valence-electron chi connectivity index (χ4n) is 3.40. The van der Waals surface area contributed by atoms with Crippen molar-refractivity contribution in [2.75, 3.05) is 32.0 Å². The minimum atomic E-state index is -0.490. The van der Waals surface area contributed by atoms with Crippen molar-refractivity contribution in [3.8, 4) is 11.6 Å². The summed E-state index contributed by atoms with van der Waals surface area (Å²) in [6.45, 7) is 8.91. The average molecular weight is 433 g/mol. The maximum Gasteiger partial charge on any atom is 0.342 e. The number of nitrogens with one attached hydrogen (secondary N) is 1. The van der Waals surface area contributed by atoms with Gasteiger partial charge in [0.05, 0.1) is 24.3 Å². The maximum atomic E-state index is 12.5. The van der Waals surface area contributed by atoms with Crippen LogP contribution in [0.5, 0.6) is 0 Å². The number of esters is 1. The number of carbonyl (C=O) groups is 2. The highest BCUT2D eigenvalue weighted by Gasteiger charge is 2.24. The molecule has 30 heavy (non-hydrogen) atoms. The molecule has 3 rings (SSSR count). The highest BCUT2D eigenvalue weighted by Crippen LogP contribution is 2.27. The summed E-state index contributed by atoms with van der Waals surface area (Å²) in [6, 6.07) is 3.69. The van der Waals surface area contributed by atoms with Gasteiger partial charge >= 0.3 is 5.97 Å². The van der Waals surface area contributed by atoms with Gasteiger partial charge in [0.2, 0.25) is 5.91 Å². The quantitative estimate of drug-likeness (QED) is 0.386. The van der Waals surface area contributed by atoms with Crippen LogP contribution in [0.3, 0.4) is 0 Å². The molecule has 1 aliphatic rings. The number of hydrogen-bond acceptors (Lipinski definition) is 8. The number of hydrogen-bond donors (Lipinski definition) is 1. The maximum absolute atomic E-state index is 12.5. The molecule has 0 spiro atoms. The summed E-state index contributed by atoms with van der Waals surface area (Å²) in [5.41, 5.74) is 0.783. The Hall–Kier alpha value is -2.39. The predicted molar refractivity (Wildman–Crippen MR) is 114 cm³/mol. The number of likely N-dealkylation sites (tertiary alicyclic amines) is 1. The van der Waals surface area contributed by atoms with E-state index in [4.69, 9.17) is 9.15 Å². The second-order valence-electron chi connectivity index (χ2n) is 7.08. The van der Waals surface area contributed by atoms with Gasteiger partial charge < -0.3 is 19.4 Å². The fraction of sp³-hybridized carbons (Fsp3) is 0.524. The van der Waals surface area contributed by atoms with Gasteiger partial charge in [-0.05, 0) is 45.4 Å². The first-order valence-electron chi connectivity index (χ1n) is 10.3. The van der Waals surface area contributed by atoms with E-state index in [9.17, 15) is 9.59 Å². The van der Waals surface area contributed by atoms with Crippen LogP contribution in [0.1, 0.15) is 42.7 Å². The third-order valence-electron chi connectivity index (χ3n) is 5.02. The standard InChI is InChI=1S/C21H28N4O4S/c1-4-25-10-8-15(9-11-25)23-17(26)13-30-20-18(21(27)28-5-2)14(3)22-19(24-20)16-7-6-12-29-16/h6-7,12,15H,4-5,8-11,13H2,1-3H3,(H,23,26). The van der Waals surface area contributed by atoms with Crippen LogP contribution in [-0.4, -0.2) is 64.8 Å². The van der Waals surface area contributed by atoms with Gasteiger partial charge in [0, 0.05) is 19.1 Å². The van der Waals surface area contributed by atoms with Gasteiger partial charge in [-0.2, -0.15) is 0 Å². The van der Waals surface area contributed by atoms with E-state index in [0.29, 0.717) is 27.9 Å². The van der Waals surface area contributed by atoms with Crippen LogP contribution in [0.2, 0.25) is 0 Å². The highest BCUT2D eigenvalue weighted by atomic mass is 32.2. The Balaban J connectivity index is 1.71. The lowest BCUT2D eigenvalue weighted by Gasteiger charge is -2.31. The summed E-state index contributed by atoms with van der Waals surface area (Å²) in [5, 5.41) is 3.52. The van der Waals surface area contributed by atoms with E-state index in [2.05, 4.69) is 27.1 Å². The molecule has 0 unspecified atom stereocenters. The molecule has 0 aliphatic carbocycles. The van der Waals surface area contributed by atoms with E-state index >= 15 is 0 Å². The molecule has 1 fully saturated rings. The third kappa shape index (κ3) is 5.60. The highest BCUT2D eigenvalue weighted by molar-refractivity contribution is 8.00. The normalized spacial score (nSPS) is 15.2. The smallest absolute Gasteiger partial charge is 0.342 e. The van der Waals surface area contributed by atoms with E-state index in [0.717, 1.165) is 32.5 Å².